The number of benzene rings is 1. The van der Waals surface area contributed by atoms with Crippen LogP contribution in [0, 0.1) is 24.2 Å². The van der Waals surface area contributed by atoms with Gasteiger partial charge in [-0.05, 0) is 50.8 Å². The van der Waals surface area contributed by atoms with E-state index in [2.05, 4.69) is 0 Å². The highest BCUT2D eigenvalue weighted by atomic mass is 32.2. The summed E-state index contributed by atoms with van der Waals surface area (Å²) in [7, 11) is 1.63. The number of carbonyl (C=O) groups is 2. The van der Waals surface area contributed by atoms with Crippen LogP contribution < -0.4 is 10.5 Å². The molecule has 4 rings (SSSR count). The Morgan fingerprint density at radius 1 is 1.26 bits per heavy atom. The first kappa shape index (κ1) is 27.6. The largest absolute Gasteiger partial charge is 0.466 e. The van der Waals surface area contributed by atoms with Crippen molar-refractivity contribution in [1.29, 1.82) is 5.26 Å². The molecule has 2 fully saturated rings. The van der Waals surface area contributed by atoms with Crippen LogP contribution in [0.4, 0.5) is 5.82 Å². The number of thiocarbonyl (C=S) groups is 1. The zero-order chi connectivity index (χ0) is 27.6. The van der Waals surface area contributed by atoms with E-state index in [1.807, 2.05) is 48.2 Å². The Balaban J connectivity index is 1.73. The summed E-state index contributed by atoms with van der Waals surface area (Å²) in [6.07, 6.45) is 2.92. The van der Waals surface area contributed by atoms with Gasteiger partial charge in [0.05, 0.1) is 23.5 Å². The van der Waals surface area contributed by atoms with Crippen molar-refractivity contribution >= 4 is 52.1 Å². The van der Waals surface area contributed by atoms with Crippen molar-refractivity contribution in [3.8, 4) is 6.07 Å². The highest BCUT2D eigenvalue weighted by Crippen LogP contribution is 2.40. The molecule has 0 N–H and O–H groups in total. The summed E-state index contributed by atoms with van der Waals surface area (Å²) in [5, 5.41) is 9.74. The minimum atomic E-state index is -0.394. The lowest BCUT2D eigenvalue weighted by molar-refractivity contribution is -0.148. The zero-order valence-corrected chi connectivity index (χ0v) is 23.5. The molecule has 2 saturated heterocycles. The van der Waals surface area contributed by atoms with Crippen LogP contribution in [-0.4, -0.2) is 45.4 Å². The number of esters is 1. The first-order chi connectivity index (χ1) is 18.2. The second kappa shape index (κ2) is 11.5. The number of carbonyl (C=O) groups excluding carboxylic acids is 2. The Hall–Kier alpha value is -3.42. The average molecular weight is 551 g/mol. The fraction of sp³-hybridized carbons (Fsp3) is 0.393. The summed E-state index contributed by atoms with van der Waals surface area (Å²) in [4.78, 5) is 43.0. The summed E-state index contributed by atoms with van der Waals surface area (Å²) in [6, 6.07) is 11.5. The van der Waals surface area contributed by atoms with Crippen molar-refractivity contribution in [1.82, 2.24) is 9.47 Å². The van der Waals surface area contributed by atoms with Crippen LogP contribution in [0.15, 0.2) is 40.0 Å². The molecule has 0 radical (unpaired) electrons. The number of hydrogen-bond donors (Lipinski definition) is 0. The number of rotatable bonds is 6. The third-order valence-electron chi connectivity index (χ3n) is 7.15. The van der Waals surface area contributed by atoms with Crippen LogP contribution in [0.5, 0.6) is 0 Å². The van der Waals surface area contributed by atoms with E-state index in [-0.39, 0.29) is 29.4 Å². The van der Waals surface area contributed by atoms with Gasteiger partial charge in [0.15, 0.2) is 0 Å². The molecule has 1 atom stereocenters. The van der Waals surface area contributed by atoms with Crippen molar-refractivity contribution in [2.75, 3.05) is 24.6 Å². The minimum Gasteiger partial charge on any atom is -0.466 e. The maximum atomic E-state index is 13.6. The van der Waals surface area contributed by atoms with Gasteiger partial charge in [0.1, 0.15) is 21.8 Å². The van der Waals surface area contributed by atoms with Crippen molar-refractivity contribution in [2.45, 2.75) is 39.7 Å². The van der Waals surface area contributed by atoms with Gasteiger partial charge in [0.25, 0.3) is 11.5 Å². The Bertz CT molecular complexity index is 1400. The molecule has 3 heterocycles. The van der Waals surface area contributed by atoms with E-state index in [0.717, 1.165) is 5.56 Å². The van der Waals surface area contributed by atoms with Crippen molar-refractivity contribution in [3.63, 3.8) is 0 Å². The molecule has 2 aromatic rings. The molecule has 38 heavy (non-hydrogen) atoms. The third-order valence-corrected chi connectivity index (χ3v) is 8.48. The molecule has 1 aromatic heterocycles. The molecule has 1 unspecified atom stereocenters. The third kappa shape index (κ3) is 5.13. The maximum absolute atomic E-state index is 13.6. The topological polar surface area (TPSA) is 95.6 Å². The van der Waals surface area contributed by atoms with E-state index in [1.165, 1.54) is 16.3 Å². The van der Waals surface area contributed by atoms with Crippen LogP contribution >= 0.6 is 24.0 Å². The number of anilines is 1. The lowest BCUT2D eigenvalue weighted by Gasteiger charge is -2.35. The number of aromatic nitrogens is 1. The lowest BCUT2D eigenvalue weighted by atomic mass is 9.95. The first-order valence-corrected chi connectivity index (χ1v) is 13.8. The van der Waals surface area contributed by atoms with Crippen LogP contribution in [-0.2, 0) is 21.4 Å². The zero-order valence-electron chi connectivity index (χ0n) is 21.9. The second-order valence-corrected chi connectivity index (χ2v) is 11.0. The quantitative estimate of drug-likeness (QED) is 0.298. The highest BCUT2D eigenvalue weighted by molar-refractivity contribution is 8.26. The molecule has 0 saturated carbocycles. The molecule has 1 amide bonds. The van der Waals surface area contributed by atoms with Gasteiger partial charge in [-0.15, -0.1) is 0 Å². The number of nitriles is 1. The Morgan fingerprint density at radius 2 is 1.92 bits per heavy atom. The summed E-state index contributed by atoms with van der Waals surface area (Å²) in [5.74, 6) is 0.0145. The van der Waals surface area contributed by atoms with Gasteiger partial charge in [-0.1, -0.05) is 54.3 Å². The molecular weight excluding hydrogens is 520 g/mol. The fourth-order valence-electron chi connectivity index (χ4n) is 5.01. The van der Waals surface area contributed by atoms with Gasteiger partial charge < -0.3 is 9.64 Å². The number of amides is 1. The summed E-state index contributed by atoms with van der Waals surface area (Å²) < 4.78 is 7.12. The molecule has 0 spiro atoms. The van der Waals surface area contributed by atoms with Gasteiger partial charge >= 0.3 is 5.97 Å². The molecule has 1 aromatic carbocycles. The number of piperidine rings is 1. The molecule has 0 aliphatic carbocycles. The number of ether oxygens (including phenoxy) is 1. The normalized spacial score (nSPS) is 18.1. The number of nitrogens with zero attached hydrogens (tertiary/aromatic N) is 4. The molecule has 2 aliphatic rings. The highest BCUT2D eigenvalue weighted by Gasteiger charge is 2.37. The van der Waals surface area contributed by atoms with Crippen LogP contribution in [0.3, 0.4) is 0 Å². The molecule has 198 valence electrons. The SMILES string of the molecule is CCOC(=O)C1CCN(c2c(C=C3SC(=S)N(C(C)c4ccccc4)C3=O)c(C)c(C#N)c(=O)n2C)CC1. The summed E-state index contributed by atoms with van der Waals surface area (Å²) >= 11 is 6.81. The smallest absolute Gasteiger partial charge is 0.309 e. The molecule has 10 heteroatoms. The van der Waals surface area contributed by atoms with Crippen molar-refractivity contribution < 1.29 is 14.3 Å². The summed E-state index contributed by atoms with van der Waals surface area (Å²) in [6.45, 7) is 6.87. The standard InChI is InChI=1S/C28H30N4O4S2/c1-5-36-27(35)20-11-13-31(14-12-20)24-21(17(2)22(16-29)25(33)30(24)4)15-23-26(34)32(28(37)38-23)18(3)19-9-7-6-8-10-19/h6-10,15,18,20H,5,11-14H2,1-4H3. The molecule has 0 bridgehead atoms. The predicted molar refractivity (Wildman–Crippen MR) is 153 cm³/mol. The minimum absolute atomic E-state index is 0.0389. The van der Waals surface area contributed by atoms with Gasteiger partial charge in [-0.25, -0.2) is 0 Å². The van der Waals surface area contributed by atoms with Gasteiger partial charge in [0, 0.05) is 25.7 Å². The van der Waals surface area contributed by atoms with E-state index in [0.29, 0.717) is 58.7 Å². The molecule has 8 nitrogen and oxygen atoms in total. The van der Waals surface area contributed by atoms with Crippen molar-refractivity contribution in [2.24, 2.45) is 13.0 Å². The predicted octanol–water partition coefficient (Wildman–Crippen LogP) is 4.31. The fourth-order valence-corrected chi connectivity index (χ4v) is 6.41. The van der Waals surface area contributed by atoms with Gasteiger partial charge in [-0.3, -0.25) is 23.9 Å². The molecular formula is C28H30N4O4S2. The van der Waals surface area contributed by atoms with E-state index >= 15 is 0 Å². The lowest BCUT2D eigenvalue weighted by Crippen LogP contribution is -2.40. The van der Waals surface area contributed by atoms with Crippen LogP contribution in [0.2, 0.25) is 0 Å². The second-order valence-electron chi connectivity index (χ2n) is 9.36. The van der Waals surface area contributed by atoms with Crippen LogP contribution in [0.1, 0.15) is 55.0 Å². The Kier molecular flexibility index (Phi) is 8.38. The first-order valence-electron chi connectivity index (χ1n) is 12.6. The maximum Gasteiger partial charge on any atom is 0.309 e. The summed E-state index contributed by atoms with van der Waals surface area (Å²) in [5.41, 5.74) is 1.76. The Morgan fingerprint density at radius 3 is 2.53 bits per heavy atom. The Labute approximate surface area is 231 Å². The number of pyridine rings is 1. The average Bonchev–Trinajstić information content (AvgIpc) is 3.20. The van der Waals surface area contributed by atoms with E-state index < -0.39 is 5.56 Å². The van der Waals surface area contributed by atoms with E-state index in [1.54, 1.807) is 31.9 Å². The molecule has 2 aliphatic heterocycles. The van der Waals surface area contributed by atoms with Crippen LogP contribution in [0.25, 0.3) is 6.08 Å². The van der Waals surface area contributed by atoms with Crippen molar-refractivity contribution in [3.05, 3.63) is 67.8 Å². The van der Waals surface area contributed by atoms with E-state index in [4.69, 9.17) is 17.0 Å². The van der Waals surface area contributed by atoms with E-state index in [9.17, 15) is 19.6 Å². The van der Waals surface area contributed by atoms with Gasteiger partial charge in [-0.2, -0.15) is 5.26 Å². The number of thioether (sulfide) groups is 1. The number of hydrogen-bond acceptors (Lipinski definition) is 8. The van der Waals surface area contributed by atoms with Gasteiger partial charge in [0.2, 0.25) is 0 Å². The monoisotopic (exact) mass is 550 g/mol.